The third-order valence-corrected chi connectivity index (χ3v) is 4.67. The highest BCUT2D eigenvalue weighted by Crippen LogP contribution is 2.37. The van der Waals surface area contributed by atoms with Crippen LogP contribution in [0.1, 0.15) is 0 Å². The van der Waals surface area contributed by atoms with Crippen molar-refractivity contribution in [2.75, 3.05) is 5.73 Å². The Bertz CT molecular complexity index is 1280. The standard InChI is InChI=1S/C21H14N2O/c22-18-10-20-16(12-5-1-3-7-14(12)18)9-17-13-6-2-4-8-15(13)19(23)11-21(17)24-20/h1-11,22H,23H2/p+1. The maximum atomic E-state index is 6.20. The van der Waals surface area contributed by atoms with E-state index in [-0.39, 0.29) is 0 Å². The molecule has 0 spiro atoms. The smallest absolute Gasteiger partial charge is 0.208 e. The zero-order chi connectivity index (χ0) is 16.3. The minimum absolute atomic E-state index is 0.718. The molecule has 1 aliphatic heterocycles. The molecule has 0 aromatic heterocycles. The summed E-state index contributed by atoms with van der Waals surface area (Å²) in [6.45, 7) is 0. The number of benzene rings is 4. The van der Waals surface area contributed by atoms with Crippen LogP contribution in [0.2, 0.25) is 0 Å². The van der Waals surface area contributed by atoms with Crippen molar-refractivity contribution in [3.8, 4) is 11.3 Å². The lowest BCUT2D eigenvalue weighted by molar-refractivity contribution is -0.170. The van der Waals surface area contributed by atoms with E-state index < -0.39 is 0 Å². The van der Waals surface area contributed by atoms with E-state index in [2.05, 4.69) is 18.2 Å². The molecule has 0 fully saturated rings. The zero-order valence-electron chi connectivity index (χ0n) is 12.9. The summed E-state index contributed by atoms with van der Waals surface area (Å²) in [5.74, 6) is 0.772. The van der Waals surface area contributed by atoms with Crippen LogP contribution in [0.25, 0.3) is 43.8 Å². The van der Waals surface area contributed by atoms with E-state index in [1.807, 2.05) is 48.5 Å². The molecule has 0 saturated carbocycles. The topological polar surface area (TPSA) is 64.8 Å². The van der Waals surface area contributed by atoms with Gasteiger partial charge in [0.15, 0.2) is 0 Å². The Kier molecular flexibility index (Phi) is 2.51. The molecule has 2 aliphatic rings. The van der Waals surface area contributed by atoms with Crippen LogP contribution in [0.15, 0.2) is 71.1 Å². The second-order valence-corrected chi connectivity index (χ2v) is 6.09. The molecular formula is C21H15N2O+. The average Bonchev–Trinajstić information content (AvgIpc) is 2.61. The molecule has 3 aromatic rings. The minimum atomic E-state index is 0.718. The van der Waals surface area contributed by atoms with Gasteiger partial charge in [-0.3, -0.25) is 5.41 Å². The Hall–Kier alpha value is -3.33. The molecule has 114 valence electrons. The van der Waals surface area contributed by atoms with Gasteiger partial charge in [0.2, 0.25) is 5.36 Å². The molecule has 0 bridgehead atoms. The van der Waals surface area contributed by atoms with Crippen molar-refractivity contribution in [1.82, 2.24) is 0 Å². The van der Waals surface area contributed by atoms with E-state index in [4.69, 9.17) is 15.6 Å². The number of hydrogen-bond acceptors (Lipinski definition) is 2. The van der Waals surface area contributed by atoms with Gasteiger partial charge < -0.3 is 10.2 Å². The molecule has 0 unspecified atom stereocenters. The fourth-order valence-corrected chi connectivity index (χ4v) is 3.53. The molecule has 1 heterocycles. The lowest BCUT2D eigenvalue weighted by Gasteiger charge is -2.12. The van der Waals surface area contributed by atoms with Crippen molar-refractivity contribution >= 4 is 38.2 Å². The maximum absolute atomic E-state index is 6.20. The summed E-state index contributed by atoms with van der Waals surface area (Å²) in [6.07, 6.45) is 0. The molecule has 0 amide bonds. The summed E-state index contributed by atoms with van der Waals surface area (Å²) in [6, 6.07) is 22.2. The van der Waals surface area contributed by atoms with Crippen LogP contribution >= 0.6 is 0 Å². The van der Waals surface area contributed by atoms with E-state index >= 15 is 0 Å². The summed E-state index contributed by atoms with van der Waals surface area (Å²) in [7, 11) is 0. The van der Waals surface area contributed by atoms with Gasteiger partial charge in [-0.2, -0.15) is 0 Å². The van der Waals surface area contributed by atoms with Gasteiger partial charge in [-0.15, -0.1) is 0 Å². The molecule has 24 heavy (non-hydrogen) atoms. The molecule has 4 N–H and O–H groups in total. The zero-order valence-corrected chi connectivity index (χ0v) is 12.9. The molecular weight excluding hydrogens is 296 g/mol. The fraction of sp³-hybridized carbons (Fsp3) is 0. The average molecular weight is 311 g/mol. The van der Waals surface area contributed by atoms with Gasteiger partial charge >= 0.3 is 0 Å². The third-order valence-electron chi connectivity index (χ3n) is 4.67. The van der Waals surface area contributed by atoms with Crippen LogP contribution in [0, 0.1) is 0 Å². The predicted molar refractivity (Wildman–Crippen MR) is 97.3 cm³/mol. The first-order valence-corrected chi connectivity index (χ1v) is 7.87. The third kappa shape index (κ3) is 1.69. The van der Waals surface area contributed by atoms with E-state index in [0.717, 1.165) is 54.9 Å². The van der Waals surface area contributed by atoms with E-state index in [0.29, 0.717) is 0 Å². The van der Waals surface area contributed by atoms with Crippen LogP contribution in [0.3, 0.4) is 0 Å². The van der Waals surface area contributed by atoms with E-state index in [1.54, 1.807) is 0 Å². The summed E-state index contributed by atoms with van der Waals surface area (Å²) in [4.78, 5) is 0. The summed E-state index contributed by atoms with van der Waals surface area (Å²) >= 11 is 0. The SMILES string of the molecule is Nc1cc2oc3cc(=[NH2+])c4ccccc4c-3cc2c2ccccc12. The lowest BCUT2D eigenvalue weighted by atomic mass is 9.97. The molecule has 3 nitrogen and oxygen atoms in total. The van der Waals surface area contributed by atoms with Crippen LogP contribution in [-0.2, 0) is 0 Å². The molecule has 0 radical (unpaired) electrons. The number of nitrogens with two attached hydrogens (primary N) is 2. The monoisotopic (exact) mass is 311 g/mol. The highest BCUT2D eigenvalue weighted by molar-refractivity contribution is 6.13. The number of rotatable bonds is 0. The summed E-state index contributed by atoms with van der Waals surface area (Å²) < 4.78 is 6.16. The first kappa shape index (κ1) is 13.1. The molecule has 0 saturated heterocycles. The number of nitrogen functional groups attached to an aromatic ring is 1. The largest absolute Gasteiger partial charge is 0.456 e. The Labute approximate surface area is 137 Å². The van der Waals surface area contributed by atoms with Crippen molar-refractivity contribution in [3.05, 3.63) is 72.1 Å². The first-order chi connectivity index (χ1) is 11.7. The number of hydrogen-bond donors (Lipinski definition) is 2. The van der Waals surface area contributed by atoms with E-state index in [9.17, 15) is 0 Å². The highest BCUT2D eigenvalue weighted by atomic mass is 16.3. The Morgan fingerprint density at radius 1 is 0.708 bits per heavy atom. The van der Waals surface area contributed by atoms with Gasteiger partial charge in [0, 0.05) is 28.1 Å². The van der Waals surface area contributed by atoms with Gasteiger partial charge in [0.25, 0.3) is 0 Å². The lowest BCUT2D eigenvalue weighted by Crippen LogP contribution is -2.45. The van der Waals surface area contributed by atoms with Crippen molar-refractivity contribution in [2.24, 2.45) is 0 Å². The minimum Gasteiger partial charge on any atom is -0.456 e. The van der Waals surface area contributed by atoms with Crippen LogP contribution in [0.5, 0.6) is 0 Å². The van der Waals surface area contributed by atoms with E-state index in [1.165, 1.54) is 0 Å². The summed E-state index contributed by atoms with van der Waals surface area (Å²) in [5, 5.41) is 12.3. The Morgan fingerprint density at radius 2 is 1.38 bits per heavy atom. The quantitative estimate of drug-likeness (QED) is 0.262. The van der Waals surface area contributed by atoms with Crippen molar-refractivity contribution in [1.29, 1.82) is 0 Å². The number of anilines is 1. The van der Waals surface area contributed by atoms with Crippen LogP contribution < -0.4 is 16.5 Å². The van der Waals surface area contributed by atoms with Gasteiger partial charge in [-0.25, -0.2) is 0 Å². The van der Waals surface area contributed by atoms with Crippen LogP contribution in [-0.4, -0.2) is 0 Å². The van der Waals surface area contributed by atoms with Gasteiger partial charge in [0.05, 0.1) is 11.5 Å². The van der Waals surface area contributed by atoms with Crippen molar-refractivity contribution < 1.29 is 9.83 Å². The summed E-state index contributed by atoms with van der Waals surface area (Å²) in [5.41, 5.74) is 8.75. The molecule has 3 heteroatoms. The van der Waals surface area contributed by atoms with Crippen LogP contribution in [0.4, 0.5) is 5.69 Å². The second kappa shape index (κ2) is 4.59. The molecule has 0 atom stereocenters. The predicted octanol–water partition coefficient (Wildman–Crippen LogP) is 3.09. The Balaban J connectivity index is 2.07. The van der Waals surface area contributed by atoms with Gasteiger partial charge in [-0.1, -0.05) is 42.5 Å². The number of fused-ring (bicyclic) bond motifs is 6. The first-order valence-electron chi connectivity index (χ1n) is 7.87. The Morgan fingerprint density at radius 3 is 2.17 bits per heavy atom. The fourth-order valence-electron chi connectivity index (χ4n) is 3.53. The molecule has 3 aromatic carbocycles. The van der Waals surface area contributed by atoms with Crippen molar-refractivity contribution in [2.45, 2.75) is 0 Å². The second-order valence-electron chi connectivity index (χ2n) is 6.09. The highest BCUT2D eigenvalue weighted by Gasteiger charge is 2.16. The molecule has 5 rings (SSSR count). The molecule has 1 aliphatic carbocycles. The van der Waals surface area contributed by atoms with Gasteiger partial charge in [0.1, 0.15) is 11.3 Å². The maximum Gasteiger partial charge on any atom is 0.208 e. The van der Waals surface area contributed by atoms with Gasteiger partial charge in [-0.05, 0) is 22.9 Å². The normalized spacial score (nSPS) is 11.7. The van der Waals surface area contributed by atoms with Crippen molar-refractivity contribution in [3.63, 3.8) is 0 Å².